The Hall–Kier alpha value is -3.17. The summed E-state index contributed by atoms with van der Waals surface area (Å²) < 4.78 is 16.1. The number of methoxy groups -OCH3 is 1. The largest absolute Gasteiger partial charge is 0.493 e. The molecule has 0 N–H and O–H groups in total. The molecule has 0 bridgehead atoms. The molecule has 0 atom stereocenters. The number of allylic oxidation sites excluding steroid dienone is 1. The molecule has 0 spiro atoms. The first-order valence-corrected chi connectivity index (χ1v) is 10.4. The molecule has 8 heteroatoms. The molecule has 32 heavy (non-hydrogen) atoms. The van der Waals surface area contributed by atoms with Gasteiger partial charge < -0.3 is 14.2 Å². The molecule has 0 saturated carbocycles. The summed E-state index contributed by atoms with van der Waals surface area (Å²) in [5.74, 6) is 0.151. The van der Waals surface area contributed by atoms with Crippen LogP contribution in [0, 0.1) is 11.3 Å². The number of benzene rings is 3. The molecule has 0 heterocycles. The third-order valence-corrected chi connectivity index (χ3v) is 5.04. The molecule has 0 aromatic heterocycles. The fraction of sp³-hybridized carbons (Fsp3) is 0.0833. The molecule has 0 unspecified atom stereocenters. The quantitative estimate of drug-likeness (QED) is 0.160. The van der Waals surface area contributed by atoms with Crippen LogP contribution < -0.4 is 14.2 Å². The smallest absolute Gasteiger partial charge is 0.349 e. The van der Waals surface area contributed by atoms with Crippen molar-refractivity contribution in [1.82, 2.24) is 0 Å². The van der Waals surface area contributed by atoms with Gasteiger partial charge >= 0.3 is 5.97 Å². The number of halogens is 3. The van der Waals surface area contributed by atoms with Crippen LogP contribution in [-0.4, -0.2) is 19.7 Å². The number of esters is 1. The maximum absolute atomic E-state index is 12.2. The molecule has 0 fully saturated rings. The normalized spacial score (nSPS) is 10.9. The second-order valence-electron chi connectivity index (χ2n) is 6.42. The van der Waals surface area contributed by atoms with Gasteiger partial charge in [0.25, 0.3) is 0 Å². The van der Waals surface area contributed by atoms with Gasteiger partial charge in [-0.1, -0.05) is 53.0 Å². The second kappa shape index (κ2) is 10.9. The summed E-state index contributed by atoms with van der Waals surface area (Å²) in [6.07, 6.45) is 1.70. The van der Waals surface area contributed by atoms with Crippen LogP contribution >= 0.6 is 34.8 Å². The zero-order chi connectivity index (χ0) is 23.1. The molecule has 0 amide bonds. The lowest BCUT2D eigenvalue weighted by Gasteiger charge is -2.11. The zero-order valence-electron chi connectivity index (χ0n) is 16.8. The van der Waals surface area contributed by atoms with E-state index in [4.69, 9.17) is 49.0 Å². The number of hydrogen-bond acceptors (Lipinski definition) is 5. The Morgan fingerprint density at radius 2 is 1.66 bits per heavy atom. The summed E-state index contributed by atoms with van der Waals surface area (Å²) in [5.41, 5.74) is 1.86. The maximum Gasteiger partial charge on any atom is 0.349 e. The Bertz CT molecular complexity index is 1200. The van der Waals surface area contributed by atoms with Gasteiger partial charge in [-0.3, -0.25) is 0 Å². The summed E-state index contributed by atoms with van der Waals surface area (Å²) in [6, 6.07) is 18.7. The lowest BCUT2D eigenvalue weighted by molar-refractivity contribution is -0.136. The van der Waals surface area contributed by atoms with Crippen molar-refractivity contribution in [2.75, 3.05) is 13.7 Å². The van der Waals surface area contributed by atoms with E-state index in [1.807, 2.05) is 0 Å². The number of ether oxygens (including phenoxy) is 3. The van der Waals surface area contributed by atoms with E-state index in [0.717, 1.165) is 5.56 Å². The van der Waals surface area contributed by atoms with Crippen molar-refractivity contribution in [2.24, 2.45) is 0 Å². The van der Waals surface area contributed by atoms with Crippen LogP contribution in [0.1, 0.15) is 11.1 Å². The minimum atomic E-state index is -0.651. The van der Waals surface area contributed by atoms with Crippen molar-refractivity contribution in [2.45, 2.75) is 0 Å². The fourth-order valence-corrected chi connectivity index (χ4v) is 3.17. The SMILES string of the molecule is COc1cc(C=C(C#N)c2ccc(Cl)cc2)ccc1OC(=O)COc1cc(Cl)ccc1Cl. The minimum absolute atomic E-state index is 0.209. The van der Waals surface area contributed by atoms with Crippen LogP contribution in [-0.2, 0) is 4.79 Å². The van der Waals surface area contributed by atoms with Gasteiger partial charge in [0.15, 0.2) is 18.1 Å². The number of carbonyl (C=O) groups is 1. The molecule has 0 radical (unpaired) electrons. The number of nitriles is 1. The maximum atomic E-state index is 12.2. The van der Waals surface area contributed by atoms with Crippen LogP contribution in [0.2, 0.25) is 15.1 Å². The highest BCUT2D eigenvalue weighted by Gasteiger charge is 2.13. The Kier molecular flexibility index (Phi) is 8.02. The lowest BCUT2D eigenvalue weighted by Crippen LogP contribution is -2.18. The molecule has 0 aliphatic heterocycles. The second-order valence-corrected chi connectivity index (χ2v) is 7.70. The summed E-state index contributed by atoms with van der Waals surface area (Å²) in [7, 11) is 1.45. The zero-order valence-corrected chi connectivity index (χ0v) is 19.0. The summed E-state index contributed by atoms with van der Waals surface area (Å²) in [4.78, 5) is 12.2. The molecular weight excluding hydrogens is 473 g/mol. The first-order chi connectivity index (χ1) is 15.4. The predicted molar refractivity (Wildman–Crippen MR) is 126 cm³/mol. The third-order valence-electron chi connectivity index (χ3n) is 4.24. The number of rotatable bonds is 7. The van der Waals surface area contributed by atoms with Crippen LogP contribution in [0.5, 0.6) is 17.2 Å². The molecule has 0 aliphatic rings. The average Bonchev–Trinajstić information content (AvgIpc) is 2.79. The molecule has 162 valence electrons. The topological polar surface area (TPSA) is 68.5 Å². The van der Waals surface area contributed by atoms with Crippen molar-refractivity contribution in [1.29, 1.82) is 5.26 Å². The molecule has 3 rings (SSSR count). The van der Waals surface area contributed by atoms with Gasteiger partial charge in [-0.2, -0.15) is 5.26 Å². The summed E-state index contributed by atoms with van der Waals surface area (Å²) in [5, 5.41) is 10.9. The average molecular weight is 489 g/mol. The van der Waals surface area contributed by atoms with Crippen LogP contribution in [0.25, 0.3) is 11.6 Å². The highest BCUT2D eigenvalue weighted by atomic mass is 35.5. The molecule has 5 nitrogen and oxygen atoms in total. The van der Waals surface area contributed by atoms with Crippen molar-refractivity contribution < 1.29 is 19.0 Å². The van der Waals surface area contributed by atoms with Gasteiger partial charge in [0, 0.05) is 16.1 Å². The standard InChI is InChI=1S/C24H16Cl3NO4/c1-30-23-11-15(10-17(13-28)16-3-5-18(25)6-4-16)2-9-21(23)32-24(29)14-31-22-12-19(26)7-8-20(22)27/h2-12H,14H2,1H3. The highest BCUT2D eigenvalue weighted by molar-refractivity contribution is 6.34. The predicted octanol–water partition coefficient (Wildman–Crippen LogP) is 6.70. The summed E-state index contributed by atoms with van der Waals surface area (Å²) >= 11 is 17.8. The Balaban J connectivity index is 1.73. The van der Waals surface area contributed by atoms with Crippen molar-refractivity contribution in [3.05, 3.63) is 86.9 Å². The van der Waals surface area contributed by atoms with Gasteiger partial charge in [-0.25, -0.2) is 4.79 Å². The molecular formula is C24H16Cl3NO4. The Morgan fingerprint density at radius 1 is 0.938 bits per heavy atom. The van der Waals surface area contributed by atoms with E-state index in [0.29, 0.717) is 32.0 Å². The van der Waals surface area contributed by atoms with E-state index in [9.17, 15) is 10.1 Å². The Labute approximate surface area is 200 Å². The number of carbonyl (C=O) groups excluding carboxylic acids is 1. The van der Waals surface area contributed by atoms with Crippen molar-refractivity contribution in [3.63, 3.8) is 0 Å². The van der Waals surface area contributed by atoms with E-state index < -0.39 is 5.97 Å². The van der Waals surface area contributed by atoms with Crippen molar-refractivity contribution in [3.8, 4) is 23.3 Å². The van der Waals surface area contributed by atoms with Crippen molar-refractivity contribution >= 4 is 52.4 Å². The van der Waals surface area contributed by atoms with Crippen LogP contribution in [0.15, 0.2) is 60.7 Å². The van der Waals surface area contributed by atoms with E-state index in [2.05, 4.69) is 6.07 Å². The fourth-order valence-electron chi connectivity index (χ4n) is 2.71. The molecule has 3 aromatic carbocycles. The first kappa shape index (κ1) is 23.5. The molecule has 0 aliphatic carbocycles. The van der Waals surface area contributed by atoms with E-state index in [-0.39, 0.29) is 18.1 Å². The van der Waals surface area contributed by atoms with E-state index >= 15 is 0 Å². The molecule has 0 saturated heterocycles. The minimum Gasteiger partial charge on any atom is -0.493 e. The third kappa shape index (κ3) is 6.18. The number of nitrogens with zero attached hydrogens (tertiary/aromatic N) is 1. The number of hydrogen-bond donors (Lipinski definition) is 0. The molecule has 3 aromatic rings. The highest BCUT2D eigenvalue weighted by Crippen LogP contribution is 2.31. The van der Waals surface area contributed by atoms with Crippen LogP contribution in [0.4, 0.5) is 0 Å². The Morgan fingerprint density at radius 3 is 2.34 bits per heavy atom. The van der Waals surface area contributed by atoms with Crippen LogP contribution in [0.3, 0.4) is 0 Å². The van der Waals surface area contributed by atoms with E-state index in [1.165, 1.54) is 13.2 Å². The lowest BCUT2D eigenvalue weighted by atomic mass is 10.0. The first-order valence-electron chi connectivity index (χ1n) is 9.24. The van der Waals surface area contributed by atoms with Gasteiger partial charge in [0.05, 0.1) is 23.8 Å². The van der Waals surface area contributed by atoms with Gasteiger partial charge in [0.2, 0.25) is 0 Å². The van der Waals surface area contributed by atoms with Gasteiger partial charge in [-0.05, 0) is 53.6 Å². The van der Waals surface area contributed by atoms with Gasteiger partial charge in [-0.15, -0.1) is 0 Å². The van der Waals surface area contributed by atoms with Gasteiger partial charge in [0.1, 0.15) is 5.75 Å². The monoisotopic (exact) mass is 487 g/mol. The van der Waals surface area contributed by atoms with E-state index in [1.54, 1.807) is 60.7 Å². The summed E-state index contributed by atoms with van der Waals surface area (Å²) in [6.45, 7) is -0.375.